The van der Waals surface area contributed by atoms with E-state index in [4.69, 9.17) is 10.6 Å². The molecule has 3 N–H and O–H groups in total. The van der Waals surface area contributed by atoms with Gasteiger partial charge in [0.2, 0.25) is 10.0 Å². The summed E-state index contributed by atoms with van der Waals surface area (Å²) in [5.41, 5.74) is 9.74. The van der Waals surface area contributed by atoms with Crippen molar-refractivity contribution in [2.75, 3.05) is 23.8 Å². The predicted octanol–water partition coefficient (Wildman–Crippen LogP) is 3.45. The first-order valence-corrected chi connectivity index (χ1v) is 11.2. The molecule has 0 fully saturated rings. The molecule has 0 radical (unpaired) electrons. The molecular formula is C19H17N5O3S2. The molecular weight excluding hydrogens is 410 g/mol. The molecule has 29 heavy (non-hydrogen) atoms. The normalized spacial score (nSPS) is 12.1. The fourth-order valence-corrected chi connectivity index (χ4v) is 4.53. The Kier molecular flexibility index (Phi) is 4.81. The quantitative estimate of drug-likeness (QED) is 0.372. The van der Waals surface area contributed by atoms with Crippen molar-refractivity contribution in [3.05, 3.63) is 47.5 Å². The second-order valence-electron chi connectivity index (χ2n) is 6.33. The average molecular weight is 428 g/mol. The minimum absolute atomic E-state index is 0.338. The van der Waals surface area contributed by atoms with Crippen LogP contribution in [-0.2, 0) is 14.9 Å². The van der Waals surface area contributed by atoms with Gasteiger partial charge < -0.3 is 10.6 Å². The van der Waals surface area contributed by atoms with Crippen LogP contribution >= 0.6 is 11.3 Å². The van der Waals surface area contributed by atoms with E-state index in [1.54, 1.807) is 18.2 Å². The predicted molar refractivity (Wildman–Crippen MR) is 118 cm³/mol. The topological polar surface area (TPSA) is 120 Å². The number of rotatable bonds is 5. The molecule has 148 valence electrons. The first-order chi connectivity index (χ1) is 13.8. The van der Waals surface area contributed by atoms with Gasteiger partial charge in [-0.2, -0.15) is 0 Å². The highest BCUT2D eigenvalue weighted by Crippen LogP contribution is 2.34. The van der Waals surface area contributed by atoms with Gasteiger partial charge in [-0.3, -0.25) is 4.72 Å². The first kappa shape index (κ1) is 19.1. The van der Waals surface area contributed by atoms with Gasteiger partial charge in [0.25, 0.3) is 0 Å². The standard InChI is InChI=1S/C19H17N5O3S2/c1-27-21-10-16-23-17-18(28-16)14-7-6-12(9-15(14)22-19(17)20)11-4-3-5-13(8-11)24-29(2,25)26/h3-10,24H,1-2H3,(H2,20,22)/b21-10+. The summed E-state index contributed by atoms with van der Waals surface area (Å²) in [7, 11) is -1.88. The van der Waals surface area contributed by atoms with Crippen LogP contribution in [0.3, 0.4) is 0 Å². The second-order valence-corrected chi connectivity index (χ2v) is 9.11. The molecule has 0 saturated heterocycles. The fraction of sp³-hybridized carbons (Fsp3) is 0.105. The van der Waals surface area contributed by atoms with Crippen molar-refractivity contribution >= 4 is 60.2 Å². The summed E-state index contributed by atoms with van der Waals surface area (Å²) in [6.07, 6.45) is 2.65. The summed E-state index contributed by atoms with van der Waals surface area (Å²) in [5.74, 6) is 0.338. The zero-order chi connectivity index (χ0) is 20.6. The van der Waals surface area contributed by atoms with E-state index in [2.05, 4.69) is 19.8 Å². The van der Waals surface area contributed by atoms with Crippen molar-refractivity contribution < 1.29 is 13.3 Å². The van der Waals surface area contributed by atoms with Crippen molar-refractivity contribution in [2.45, 2.75) is 0 Å². The van der Waals surface area contributed by atoms with Crippen molar-refractivity contribution in [1.29, 1.82) is 0 Å². The van der Waals surface area contributed by atoms with Crippen molar-refractivity contribution in [3.8, 4) is 11.1 Å². The number of anilines is 2. The Hall–Kier alpha value is -3.24. The van der Waals surface area contributed by atoms with Crippen molar-refractivity contribution in [1.82, 2.24) is 9.97 Å². The molecule has 8 nitrogen and oxygen atoms in total. The molecule has 0 amide bonds. The van der Waals surface area contributed by atoms with Crippen LogP contribution in [0.15, 0.2) is 47.6 Å². The van der Waals surface area contributed by atoms with Crippen LogP contribution in [0.5, 0.6) is 0 Å². The number of nitrogens with zero attached hydrogens (tertiary/aromatic N) is 3. The molecule has 0 saturated carbocycles. The molecule has 0 spiro atoms. The number of oxime groups is 1. The van der Waals surface area contributed by atoms with Crippen LogP contribution < -0.4 is 10.5 Å². The van der Waals surface area contributed by atoms with Gasteiger partial charge in [-0.1, -0.05) is 29.4 Å². The lowest BCUT2D eigenvalue weighted by Gasteiger charge is -2.08. The van der Waals surface area contributed by atoms with E-state index in [9.17, 15) is 8.42 Å². The Morgan fingerprint density at radius 3 is 2.72 bits per heavy atom. The van der Waals surface area contributed by atoms with Crippen molar-refractivity contribution in [2.24, 2.45) is 5.16 Å². The molecule has 0 bridgehead atoms. The van der Waals surface area contributed by atoms with Gasteiger partial charge in [0.15, 0.2) is 5.82 Å². The molecule has 2 aromatic carbocycles. The Morgan fingerprint density at radius 1 is 1.17 bits per heavy atom. The SMILES string of the molecule is CO/N=C/c1nc2c(N)nc3cc(-c4cccc(NS(C)(=O)=O)c4)ccc3c2s1. The van der Waals surface area contributed by atoms with Gasteiger partial charge in [-0.15, -0.1) is 11.3 Å². The Labute approximate surface area is 171 Å². The number of thiazole rings is 1. The highest BCUT2D eigenvalue weighted by atomic mass is 32.2. The van der Waals surface area contributed by atoms with Crippen molar-refractivity contribution in [3.63, 3.8) is 0 Å². The van der Waals surface area contributed by atoms with Crippen LogP contribution in [-0.4, -0.2) is 38.0 Å². The zero-order valence-electron chi connectivity index (χ0n) is 15.6. The second kappa shape index (κ2) is 7.30. The number of nitrogens with two attached hydrogens (primary N) is 1. The number of benzene rings is 2. The number of nitrogen functional groups attached to an aromatic ring is 1. The third-order valence-electron chi connectivity index (χ3n) is 4.14. The lowest BCUT2D eigenvalue weighted by atomic mass is 10.0. The molecule has 2 aromatic heterocycles. The zero-order valence-corrected chi connectivity index (χ0v) is 17.2. The molecule has 2 heterocycles. The minimum atomic E-state index is -3.35. The maximum atomic E-state index is 11.5. The molecule has 0 aliphatic heterocycles. The van der Waals surface area contributed by atoms with Crippen LogP contribution in [0.1, 0.15) is 5.01 Å². The van der Waals surface area contributed by atoms with Crippen LogP contribution in [0, 0.1) is 0 Å². The molecule has 4 aromatic rings. The summed E-state index contributed by atoms with van der Waals surface area (Å²) >= 11 is 1.45. The maximum absolute atomic E-state index is 11.5. The first-order valence-electron chi connectivity index (χ1n) is 8.48. The summed E-state index contributed by atoms with van der Waals surface area (Å²) < 4.78 is 26.4. The molecule has 0 aliphatic carbocycles. The van der Waals surface area contributed by atoms with E-state index in [0.717, 1.165) is 33.0 Å². The number of aromatic nitrogens is 2. The van der Waals surface area contributed by atoms with Gasteiger partial charge >= 0.3 is 0 Å². The van der Waals surface area contributed by atoms with Crippen LogP contribution in [0.2, 0.25) is 0 Å². The number of hydrogen-bond donors (Lipinski definition) is 2. The Balaban J connectivity index is 1.82. The summed E-state index contributed by atoms with van der Waals surface area (Å²) in [4.78, 5) is 13.7. The summed E-state index contributed by atoms with van der Waals surface area (Å²) in [6.45, 7) is 0. The van der Waals surface area contributed by atoms with E-state index in [1.165, 1.54) is 24.7 Å². The molecule has 0 unspecified atom stereocenters. The van der Waals surface area contributed by atoms with Gasteiger partial charge in [0.05, 0.1) is 16.5 Å². The number of hydrogen-bond acceptors (Lipinski definition) is 8. The Bertz CT molecular complexity index is 1360. The molecule has 0 aliphatic rings. The lowest BCUT2D eigenvalue weighted by Crippen LogP contribution is -2.09. The monoisotopic (exact) mass is 427 g/mol. The van der Waals surface area contributed by atoms with E-state index in [1.807, 2.05) is 24.3 Å². The number of nitrogens with one attached hydrogen (secondary N) is 1. The Morgan fingerprint density at radius 2 is 1.97 bits per heavy atom. The molecule has 10 heteroatoms. The minimum Gasteiger partial charge on any atom is -0.399 e. The highest BCUT2D eigenvalue weighted by Gasteiger charge is 2.13. The summed E-state index contributed by atoms with van der Waals surface area (Å²) in [6, 6.07) is 13.0. The third kappa shape index (κ3) is 3.98. The van der Waals surface area contributed by atoms with E-state index in [0.29, 0.717) is 22.0 Å². The third-order valence-corrected chi connectivity index (χ3v) is 5.77. The summed E-state index contributed by atoms with van der Waals surface area (Å²) in [5, 5.41) is 5.35. The maximum Gasteiger partial charge on any atom is 0.229 e. The van der Waals surface area contributed by atoms with Crippen LogP contribution in [0.4, 0.5) is 11.5 Å². The van der Waals surface area contributed by atoms with Gasteiger partial charge in [0.1, 0.15) is 23.8 Å². The highest BCUT2D eigenvalue weighted by molar-refractivity contribution is 7.92. The fourth-order valence-electron chi connectivity index (χ4n) is 3.00. The average Bonchev–Trinajstić information content (AvgIpc) is 3.10. The number of fused-ring (bicyclic) bond motifs is 3. The number of pyridine rings is 1. The molecule has 4 rings (SSSR count). The number of sulfonamides is 1. The molecule has 0 atom stereocenters. The van der Waals surface area contributed by atoms with Crippen LogP contribution in [0.25, 0.3) is 32.2 Å². The van der Waals surface area contributed by atoms with Gasteiger partial charge in [0, 0.05) is 11.1 Å². The largest absolute Gasteiger partial charge is 0.399 e. The lowest BCUT2D eigenvalue weighted by molar-refractivity contribution is 0.215. The van der Waals surface area contributed by atoms with Gasteiger partial charge in [-0.05, 0) is 29.3 Å². The van der Waals surface area contributed by atoms with E-state index >= 15 is 0 Å². The van der Waals surface area contributed by atoms with E-state index in [-0.39, 0.29) is 0 Å². The van der Waals surface area contributed by atoms with E-state index < -0.39 is 10.0 Å². The smallest absolute Gasteiger partial charge is 0.229 e. The van der Waals surface area contributed by atoms with Gasteiger partial charge in [-0.25, -0.2) is 18.4 Å².